The van der Waals surface area contributed by atoms with E-state index < -0.39 is 23.1 Å². The Bertz CT molecular complexity index is 1650. The molecule has 1 aliphatic heterocycles. The van der Waals surface area contributed by atoms with Gasteiger partial charge in [0.15, 0.2) is 11.3 Å². The molecule has 212 valence electrons. The summed E-state index contributed by atoms with van der Waals surface area (Å²) in [7, 11) is 1.46. The number of hydrogen-bond acceptors (Lipinski definition) is 9. The Balaban J connectivity index is 1.46. The molecule has 41 heavy (non-hydrogen) atoms. The molecule has 1 saturated heterocycles. The van der Waals surface area contributed by atoms with Crippen molar-refractivity contribution < 1.29 is 18.7 Å². The van der Waals surface area contributed by atoms with Gasteiger partial charge in [0.1, 0.15) is 22.5 Å². The van der Waals surface area contributed by atoms with Gasteiger partial charge in [0.05, 0.1) is 18.2 Å². The van der Waals surface area contributed by atoms with Crippen LogP contribution in [0.3, 0.4) is 0 Å². The Hall–Kier alpha value is -4.50. The van der Waals surface area contributed by atoms with Crippen molar-refractivity contribution in [1.29, 1.82) is 5.26 Å². The maximum absolute atomic E-state index is 15.0. The molecule has 2 N–H and O–H groups in total. The molecule has 0 atom stereocenters. The number of rotatable bonds is 5. The van der Waals surface area contributed by atoms with Gasteiger partial charge < -0.3 is 19.7 Å². The molecule has 1 aromatic carbocycles. The van der Waals surface area contributed by atoms with Crippen molar-refractivity contribution in [1.82, 2.24) is 30.5 Å². The van der Waals surface area contributed by atoms with Crippen molar-refractivity contribution >= 4 is 34.7 Å². The second-order valence-electron chi connectivity index (χ2n) is 10.7. The highest BCUT2D eigenvalue weighted by molar-refractivity contribution is 6.34. The Morgan fingerprint density at radius 3 is 2.61 bits per heavy atom. The van der Waals surface area contributed by atoms with Crippen LogP contribution in [0.25, 0.3) is 22.3 Å². The third-order valence-electron chi connectivity index (χ3n) is 6.81. The first-order chi connectivity index (χ1) is 19.5. The van der Waals surface area contributed by atoms with E-state index in [0.29, 0.717) is 35.3 Å². The van der Waals surface area contributed by atoms with Crippen LogP contribution in [0.15, 0.2) is 36.5 Å². The van der Waals surface area contributed by atoms with E-state index in [-0.39, 0.29) is 41.0 Å². The first-order valence-electron chi connectivity index (χ1n) is 12.9. The number of amides is 1. The number of aromatic amines is 1. The minimum atomic E-state index is -1.20. The number of hydrogen-bond donors (Lipinski definition) is 2. The fraction of sp³-hybridized carbons (Fsp3) is 0.357. The van der Waals surface area contributed by atoms with Crippen LogP contribution >= 0.6 is 11.6 Å². The molecule has 11 nitrogen and oxygen atoms in total. The van der Waals surface area contributed by atoms with Gasteiger partial charge in [-0.3, -0.25) is 5.10 Å². The van der Waals surface area contributed by atoms with Crippen molar-refractivity contribution in [3.63, 3.8) is 0 Å². The Morgan fingerprint density at radius 1 is 1.22 bits per heavy atom. The molecular formula is C28H28ClFN8O3. The van der Waals surface area contributed by atoms with Crippen LogP contribution in [0, 0.1) is 17.1 Å². The number of pyridine rings is 1. The molecule has 1 aliphatic rings. The van der Waals surface area contributed by atoms with Crippen LogP contribution in [-0.4, -0.2) is 57.0 Å². The van der Waals surface area contributed by atoms with Gasteiger partial charge in [-0.25, -0.2) is 19.2 Å². The van der Waals surface area contributed by atoms with Crippen molar-refractivity contribution in [2.24, 2.45) is 0 Å². The maximum atomic E-state index is 15.0. The highest BCUT2D eigenvalue weighted by Crippen LogP contribution is 2.40. The fourth-order valence-electron chi connectivity index (χ4n) is 4.92. The van der Waals surface area contributed by atoms with E-state index in [2.05, 4.69) is 36.5 Å². The van der Waals surface area contributed by atoms with Crippen molar-refractivity contribution in [2.45, 2.75) is 44.8 Å². The molecule has 0 spiro atoms. The summed E-state index contributed by atoms with van der Waals surface area (Å²) < 4.78 is 26.2. The average molecular weight is 579 g/mol. The molecule has 0 bridgehead atoms. The van der Waals surface area contributed by atoms with Crippen LogP contribution in [0.2, 0.25) is 5.02 Å². The minimum absolute atomic E-state index is 0.104. The van der Waals surface area contributed by atoms with Gasteiger partial charge in [0, 0.05) is 48.8 Å². The number of benzene rings is 1. The monoisotopic (exact) mass is 578 g/mol. The molecule has 0 unspecified atom stereocenters. The smallest absolute Gasteiger partial charge is 0.408 e. The maximum Gasteiger partial charge on any atom is 0.408 e. The van der Waals surface area contributed by atoms with Crippen molar-refractivity contribution in [2.75, 3.05) is 25.1 Å². The summed E-state index contributed by atoms with van der Waals surface area (Å²) in [4.78, 5) is 27.9. The zero-order chi connectivity index (χ0) is 29.4. The topological polar surface area (TPSA) is 142 Å². The van der Waals surface area contributed by atoms with E-state index in [1.165, 1.54) is 19.4 Å². The summed E-state index contributed by atoms with van der Waals surface area (Å²) >= 11 is 6.47. The summed E-state index contributed by atoms with van der Waals surface area (Å²) in [5, 5.41) is 20.7. The van der Waals surface area contributed by atoms with E-state index in [0.717, 1.165) is 0 Å². The molecule has 0 saturated carbocycles. The fourth-order valence-corrected chi connectivity index (χ4v) is 5.21. The number of nitriles is 1. The predicted molar refractivity (Wildman–Crippen MR) is 150 cm³/mol. The van der Waals surface area contributed by atoms with E-state index in [1.54, 1.807) is 24.3 Å². The summed E-state index contributed by atoms with van der Waals surface area (Å²) in [5.41, 5.74) is -0.0434. The quantitative estimate of drug-likeness (QED) is 0.330. The second kappa shape index (κ2) is 10.8. The number of piperidine rings is 1. The van der Waals surface area contributed by atoms with E-state index in [4.69, 9.17) is 21.1 Å². The number of fused-ring (bicyclic) bond motifs is 1. The highest BCUT2D eigenvalue weighted by Gasteiger charge is 2.43. The molecule has 1 amide bonds. The zero-order valence-corrected chi connectivity index (χ0v) is 23.7. The number of aromatic nitrogens is 5. The lowest BCUT2D eigenvalue weighted by Crippen LogP contribution is -2.50. The lowest BCUT2D eigenvalue weighted by atomic mass is 9.83. The number of halogens is 2. The summed E-state index contributed by atoms with van der Waals surface area (Å²) in [6.07, 6.45) is 1.45. The molecule has 4 heterocycles. The van der Waals surface area contributed by atoms with Crippen LogP contribution in [0.1, 0.15) is 44.9 Å². The largest absolute Gasteiger partial charge is 0.480 e. The van der Waals surface area contributed by atoms with Gasteiger partial charge in [-0.15, -0.1) is 0 Å². The van der Waals surface area contributed by atoms with E-state index >= 15 is 4.39 Å². The van der Waals surface area contributed by atoms with Crippen LogP contribution < -0.4 is 15.0 Å². The van der Waals surface area contributed by atoms with Gasteiger partial charge in [0.25, 0.3) is 0 Å². The third kappa shape index (κ3) is 5.45. The Kier molecular flexibility index (Phi) is 7.40. The standard InChI is InChI=1S/C28H28ClFN8O3/c1-27(2,3)35-26(39)41-28(17-7-5-6-8-18(17)30)10-13-38(14-11-28)25-33-19(15-31)20-22(36-37-23(20)34-25)16-9-12-32-24(40-4)21(16)29/h5-9,12H,10-11,13-14H2,1-4H3,(H,35,39)(H,33,34,36,37). The number of ether oxygens (including phenoxy) is 2. The van der Waals surface area contributed by atoms with Gasteiger partial charge in [-0.05, 0) is 32.9 Å². The number of H-pyrrole nitrogens is 1. The molecule has 3 aromatic heterocycles. The Labute approximate surface area is 240 Å². The van der Waals surface area contributed by atoms with E-state index in [9.17, 15) is 10.1 Å². The third-order valence-corrected chi connectivity index (χ3v) is 7.18. The molecule has 4 aromatic rings. The van der Waals surface area contributed by atoms with Gasteiger partial charge in [0.2, 0.25) is 11.8 Å². The number of alkyl carbamates (subject to hydrolysis) is 1. The molecule has 0 radical (unpaired) electrons. The SMILES string of the molecule is COc1nccc(-c2[nH]nc3nc(N4CCC(OC(=O)NC(C)(C)C)(c5ccccc5F)CC4)nc(C#N)c23)c1Cl. The lowest BCUT2D eigenvalue weighted by Gasteiger charge is -2.42. The van der Waals surface area contributed by atoms with Gasteiger partial charge in [-0.2, -0.15) is 15.3 Å². The van der Waals surface area contributed by atoms with Gasteiger partial charge >= 0.3 is 6.09 Å². The first kappa shape index (κ1) is 28.0. The highest BCUT2D eigenvalue weighted by atomic mass is 35.5. The van der Waals surface area contributed by atoms with Crippen molar-refractivity contribution in [3.05, 3.63) is 58.6 Å². The summed E-state index contributed by atoms with van der Waals surface area (Å²) in [6, 6.07) is 10.1. The van der Waals surface area contributed by atoms with Crippen LogP contribution in [0.4, 0.5) is 15.1 Å². The summed E-state index contributed by atoms with van der Waals surface area (Å²) in [5.74, 6) is 0.0594. The Morgan fingerprint density at radius 2 is 1.95 bits per heavy atom. The molecule has 5 rings (SSSR count). The number of anilines is 1. The number of carbonyl (C=O) groups excluding carboxylic acids is 1. The van der Waals surface area contributed by atoms with Crippen LogP contribution in [0.5, 0.6) is 5.88 Å². The van der Waals surface area contributed by atoms with Gasteiger partial charge in [-0.1, -0.05) is 29.8 Å². The number of methoxy groups -OCH3 is 1. The number of carbonyl (C=O) groups is 1. The van der Waals surface area contributed by atoms with Crippen LogP contribution in [-0.2, 0) is 10.3 Å². The number of nitrogens with one attached hydrogen (secondary N) is 2. The zero-order valence-electron chi connectivity index (χ0n) is 23.0. The number of nitrogens with zero attached hydrogens (tertiary/aromatic N) is 6. The molecule has 1 fully saturated rings. The normalized spacial score (nSPS) is 14.9. The average Bonchev–Trinajstić information content (AvgIpc) is 3.36. The summed E-state index contributed by atoms with van der Waals surface area (Å²) in [6.45, 7) is 6.18. The predicted octanol–water partition coefficient (Wildman–Crippen LogP) is 5.11. The van der Waals surface area contributed by atoms with Crippen molar-refractivity contribution in [3.8, 4) is 23.2 Å². The first-order valence-corrected chi connectivity index (χ1v) is 13.3. The minimum Gasteiger partial charge on any atom is -0.480 e. The molecule has 0 aliphatic carbocycles. The molecular weight excluding hydrogens is 551 g/mol. The van der Waals surface area contributed by atoms with E-state index in [1.807, 2.05) is 25.7 Å². The molecule has 13 heteroatoms. The second-order valence-corrected chi connectivity index (χ2v) is 11.1. The lowest BCUT2D eigenvalue weighted by molar-refractivity contribution is -0.0170.